The molecule has 0 aliphatic carbocycles. The molecule has 0 bridgehead atoms. The highest BCUT2D eigenvalue weighted by atomic mass is 35.5. The predicted octanol–water partition coefficient (Wildman–Crippen LogP) is 2.87. The Morgan fingerprint density at radius 3 is 2.61 bits per heavy atom. The van der Waals surface area contributed by atoms with Crippen molar-refractivity contribution < 1.29 is 9.90 Å². The summed E-state index contributed by atoms with van der Waals surface area (Å²) in [5.74, 6) is 0.0205. The molecule has 4 heteroatoms. The van der Waals surface area contributed by atoms with Crippen molar-refractivity contribution in [1.82, 2.24) is 5.32 Å². The molecule has 0 saturated heterocycles. The van der Waals surface area contributed by atoms with Crippen LogP contribution < -0.4 is 5.32 Å². The van der Waals surface area contributed by atoms with Crippen molar-refractivity contribution in [3.8, 4) is 0 Å². The highest BCUT2D eigenvalue weighted by Gasteiger charge is 2.16. The molecule has 3 nitrogen and oxygen atoms in total. The largest absolute Gasteiger partial charge is 0.391 e. The van der Waals surface area contributed by atoms with E-state index in [4.69, 9.17) is 11.6 Å². The van der Waals surface area contributed by atoms with Gasteiger partial charge in [0.1, 0.15) is 0 Å². The van der Waals surface area contributed by atoms with E-state index in [0.29, 0.717) is 10.6 Å². The van der Waals surface area contributed by atoms with Gasteiger partial charge in [0.25, 0.3) is 5.91 Å². The molecule has 1 atom stereocenters. The van der Waals surface area contributed by atoms with E-state index >= 15 is 0 Å². The van der Waals surface area contributed by atoms with E-state index in [1.165, 1.54) is 0 Å². The normalized spacial score (nSPS) is 12.5. The van der Waals surface area contributed by atoms with Gasteiger partial charge in [-0.2, -0.15) is 0 Å². The second-order valence-corrected chi connectivity index (χ2v) is 4.80. The van der Waals surface area contributed by atoms with Gasteiger partial charge in [0.05, 0.1) is 6.10 Å². The van der Waals surface area contributed by atoms with Crippen LogP contribution in [0.2, 0.25) is 5.02 Å². The van der Waals surface area contributed by atoms with E-state index in [1.807, 2.05) is 13.8 Å². The molecule has 0 aliphatic rings. The van der Waals surface area contributed by atoms with E-state index in [-0.39, 0.29) is 18.4 Å². The molecule has 1 rings (SSSR count). The molecule has 1 amide bonds. The number of carbonyl (C=O) groups excluding carboxylic acids is 1. The minimum Gasteiger partial charge on any atom is -0.391 e. The summed E-state index contributed by atoms with van der Waals surface area (Å²) in [7, 11) is 0. The maximum atomic E-state index is 11.8. The summed E-state index contributed by atoms with van der Waals surface area (Å²) >= 11 is 5.82. The second kappa shape index (κ2) is 7.39. The Balaban J connectivity index is 2.51. The highest BCUT2D eigenvalue weighted by molar-refractivity contribution is 6.30. The van der Waals surface area contributed by atoms with Gasteiger partial charge in [0, 0.05) is 17.1 Å². The molecule has 2 N–H and O–H groups in total. The molecule has 0 fully saturated rings. The van der Waals surface area contributed by atoms with E-state index in [1.54, 1.807) is 24.3 Å². The van der Waals surface area contributed by atoms with Crippen LogP contribution in [0.1, 0.15) is 37.0 Å². The third-order valence-corrected chi connectivity index (χ3v) is 3.39. The Morgan fingerprint density at radius 1 is 1.39 bits per heavy atom. The number of amides is 1. The monoisotopic (exact) mass is 269 g/mol. The molecule has 0 spiro atoms. The maximum absolute atomic E-state index is 11.8. The van der Waals surface area contributed by atoms with Crippen LogP contribution in [0.15, 0.2) is 24.3 Å². The summed E-state index contributed by atoms with van der Waals surface area (Å²) < 4.78 is 0. The first kappa shape index (κ1) is 15.0. The number of aliphatic hydroxyl groups excluding tert-OH is 1. The van der Waals surface area contributed by atoms with Crippen molar-refractivity contribution in [2.24, 2.45) is 5.92 Å². The average Bonchev–Trinajstić information content (AvgIpc) is 2.37. The minimum atomic E-state index is -0.497. The second-order valence-electron chi connectivity index (χ2n) is 4.36. The number of nitrogens with one attached hydrogen (secondary N) is 1. The predicted molar refractivity (Wildman–Crippen MR) is 73.9 cm³/mol. The summed E-state index contributed by atoms with van der Waals surface area (Å²) in [5.41, 5.74) is 0.513. The lowest BCUT2D eigenvalue weighted by atomic mass is 9.96. The van der Waals surface area contributed by atoms with Gasteiger partial charge >= 0.3 is 0 Å². The first-order valence-corrected chi connectivity index (χ1v) is 6.68. The van der Waals surface area contributed by atoms with E-state index in [0.717, 1.165) is 12.8 Å². The lowest BCUT2D eigenvalue weighted by Gasteiger charge is -2.20. The fourth-order valence-electron chi connectivity index (χ4n) is 1.93. The van der Waals surface area contributed by atoms with Gasteiger partial charge in [0.2, 0.25) is 0 Å². The Kier molecular flexibility index (Phi) is 6.16. The van der Waals surface area contributed by atoms with Crippen LogP contribution in [0.3, 0.4) is 0 Å². The molecule has 1 aromatic rings. The molecule has 0 aliphatic heterocycles. The molecule has 18 heavy (non-hydrogen) atoms. The Morgan fingerprint density at radius 2 is 2.06 bits per heavy atom. The first-order valence-electron chi connectivity index (χ1n) is 6.30. The molecule has 0 aromatic heterocycles. The fourth-order valence-corrected chi connectivity index (χ4v) is 2.12. The van der Waals surface area contributed by atoms with Crippen molar-refractivity contribution in [2.75, 3.05) is 6.54 Å². The number of benzene rings is 1. The zero-order valence-electron chi connectivity index (χ0n) is 10.8. The summed E-state index contributed by atoms with van der Waals surface area (Å²) in [6, 6.07) is 6.76. The molecular formula is C14H20ClNO2. The van der Waals surface area contributed by atoms with Crippen LogP contribution in [0.25, 0.3) is 0 Å². The lowest BCUT2D eigenvalue weighted by molar-refractivity contribution is 0.0816. The summed E-state index contributed by atoms with van der Waals surface area (Å²) in [6.07, 6.45) is 1.32. The summed E-state index contributed by atoms with van der Waals surface area (Å²) in [4.78, 5) is 11.8. The molecular weight excluding hydrogens is 250 g/mol. The smallest absolute Gasteiger partial charge is 0.251 e. The fraction of sp³-hybridized carbons (Fsp3) is 0.500. The Bertz CT molecular complexity index is 391. The van der Waals surface area contributed by atoms with Crippen molar-refractivity contribution in [2.45, 2.75) is 32.8 Å². The van der Waals surface area contributed by atoms with Crippen LogP contribution in [0.4, 0.5) is 0 Å². The zero-order valence-corrected chi connectivity index (χ0v) is 11.6. The molecule has 1 aromatic carbocycles. The first-order chi connectivity index (χ1) is 8.58. The average molecular weight is 270 g/mol. The number of carbonyl (C=O) groups is 1. The van der Waals surface area contributed by atoms with Gasteiger partial charge in [-0.05, 0) is 24.1 Å². The molecule has 0 saturated carbocycles. The van der Waals surface area contributed by atoms with Gasteiger partial charge in [-0.1, -0.05) is 44.4 Å². The standard InChI is InChI=1S/C14H20ClNO2/c1-3-10(4-2)13(17)9-16-14(18)11-6-5-7-12(15)8-11/h5-8,10,13,17H,3-4,9H2,1-2H3,(H,16,18). The van der Waals surface area contributed by atoms with Gasteiger partial charge in [0.15, 0.2) is 0 Å². The van der Waals surface area contributed by atoms with Gasteiger partial charge < -0.3 is 10.4 Å². The third kappa shape index (κ3) is 4.31. The van der Waals surface area contributed by atoms with Crippen LogP contribution in [0.5, 0.6) is 0 Å². The number of hydrogen-bond acceptors (Lipinski definition) is 2. The van der Waals surface area contributed by atoms with Gasteiger partial charge in [-0.25, -0.2) is 0 Å². The van der Waals surface area contributed by atoms with E-state index < -0.39 is 6.10 Å². The molecule has 0 radical (unpaired) electrons. The van der Waals surface area contributed by atoms with Gasteiger partial charge in [-0.15, -0.1) is 0 Å². The molecule has 100 valence electrons. The number of hydrogen-bond donors (Lipinski definition) is 2. The quantitative estimate of drug-likeness (QED) is 0.834. The lowest BCUT2D eigenvalue weighted by Crippen LogP contribution is -2.36. The Hall–Kier alpha value is -1.06. The van der Waals surface area contributed by atoms with Crippen LogP contribution in [-0.2, 0) is 0 Å². The number of halogens is 1. The highest BCUT2D eigenvalue weighted by Crippen LogP contribution is 2.13. The Labute approximate surface area is 113 Å². The van der Waals surface area contributed by atoms with Crippen molar-refractivity contribution in [3.63, 3.8) is 0 Å². The van der Waals surface area contributed by atoms with Crippen molar-refractivity contribution in [3.05, 3.63) is 34.9 Å². The van der Waals surface area contributed by atoms with Crippen LogP contribution >= 0.6 is 11.6 Å². The topological polar surface area (TPSA) is 49.3 Å². The zero-order chi connectivity index (χ0) is 13.5. The number of aliphatic hydroxyl groups is 1. The summed E-state index contributed by atoms with van der Waals surface area (Å²) in [6.45, 7) is 4.35. The van der Waals surface area contributed by atoms with E-state index in [9.17, 15) is 9.90 Å². The van der Waals surface area contributed by atoms with Crippen LogP contribution in [-0.4, -0.2) is 23.7 Å². The minimum absolute atomic E-state index is 0.206. The molecule has 0 heterocycles. The van der Waals surface area contributed by atoms with Crippen LogP contribution in [0, 0.1) is 5.92 Å². The van der Waals surface area contributed by atoms with Crippen molar-refractivity contribution in [1.29, 1.82) is 0 Å². The van der Waals surface area contributed by atoms with Crippen molar-refractivity contribution >= 4 is 17.5 Å². The maximum Gasteiger partial charge on any atom is 0.251 e. The summed E-state index contributed by atoms with van der Waals surface area (Å²) in [5, 5.41) is 13.2. The molecule has 1 unspecified atom stereocenters. The van der Waals surface area contributed by atoms with E-state index in [2.05, 4.69) is 5.32 Å². The third-order valence-electron chi connectivity index (χ3n) is 3.15. The van der Waals surface area contributed by atoms with Gasteiger partial charge in [-0.3, -0.25) is 4.79 Å². The SMILES string of the molecule is CCC(CC)C(O)CNC(=O)c1cccc(Cl)c1. The number of rotatable bonds is 6.